The van der Waals surface area contributed by atoms with Crippen molar-refractivity contribution >= 4 is 5.91 Å². The molecule has 2 rings (SSSR count). The molecular weight excluding hydrogens is 202 g/mol. The zero-order chi connectivity index (χ0) is 11.4. The Morgan fingerprint density at radius 1 is 1.31 bits per heavy atom. The fourth-order valence-corrected chi connectivity index (χ4v) is 2.69. The Morgan fingerprint density at radius 3 is 2.75 bits per heavy atom. The van der Waals surface area contributed by atoms with Crippen molar-refractivity contribution in [1.82, 2.24) is 15.5 Å². The molecule has 0 spiro atoms. The fourth-order valence-electron chi connectivity index (χ4n) is 2.69. The van der Waals surface area contributed by atoms with Gasteiger partial charge in [0.25, 0.3) is 0 Å². The summed E-state index contributed by atoms with van der Waals surface area (Å²) in [5, 5.41) is 6.50. The van der Waals surface area contributed by atoms with Crippen LogP contribution in [-0.2, 0) is 4.79 Å². The molecule has 2 aliphatic heterocycles. The molecule has 4 heteroatoms. The Bertz CT molecular complexity index is 238. The average Bonchev–Trinajstić information content (AvgIpc) is 2.30. The number of likely N-dealkylation sites (tertiary alicyclic amines) is 1. The van der Waals surface area contributed by atoms with Gasteiger partial charge in [-0.25, -0.2) is 0 Å². The second-order valence-corrected chi connectivity index (χ2v) is 5.13. The Hall–Kier alpha value is -0.610. The van der Waals surface area contributed by atoms with E-state index in [1.165, 1.54) is 13.0 Å². The Kier molecular flexibility index (Phi) is 4.18. The third-order valence-electron chi connectivity index (χ3n) is 3.68. The summed E-state index contributed by atoms with van der Waals surface area (Å²) in [4.78, 5) is 14.3. The highest BCUT2D eigenvalue weighted by Gasteiger charge is 2.24. The van der Waals surface area contributed by atoms with Crippen LogP contribution in [0.25, 0.3) is 0 Å². The lowest BCUT2D eigenvalue weighted by molar-refractivity contribution is -0.126. The van der Waals surface area contributed by atoms with E-state index in [4.69, 9.17) is 0 Å². The van der Waals surface area contributed by atoms with Gasteiger partial charge in [0.1, 0.15) is 0 Å². The van der Waals surface area contributed by atoms with Crippen molar-refractivity contribution in [3.05, 3.63) is 0 Å². The Labute approximate surface area is 97.8 Å². The van der Waals surface area contributed by atoms with Gasteiger partial charge in [0.2, 0.25) is 5.91 Å². The number of hydrogen-bond acceptors (Lipinski definition) is 3. The smallest absolute Gasteiger partial charge is 0.223 e. The number of nitrogens with zero attached hydrogens (tertiary/aromatic N) is 1. The van der Waals surface area contributed by atoms with E-state index >= 15 is 0 Å². The summed E-state index contributed by atoms with van der Waals surface area (Å²) in [6, 6.07) is 0.376. The lowest BCUT2D eigenvalue weighted by Crippen LogP contribution is -2.49. The summed E-state index contributed by atoms with van der Waals surface area (Å²) in [5.41, 5.74) is 0. The monoisotopic (exact) mass is 225 g/mol. The minimum absolute atomic E-state index is 0.244. The van der Waals surface area contributed by atoms with Crippen molar-refractivity contribution < 1.29 is 4.79 Å². The maximum atomic E-state index is 12.0. The second kappa shape index (κ2) is 5.64. The number of amides is 1. The maximum absolute atomic E-state index is 12.0. The van der Waals surface area contributed by atoms with Gasteiger partial charge < -0.3 is 15.5 Å². The average molecular weight is 225 g/mol. The van der Waals surface area contributed by atoms with Gasteiger partial charge in [-0.05, 0) is 52.4 Å². The van der Waals surface area contributed by atoms with Crippen LogP contribution < -0.4 is 10.6 Å². The molecule has 4 nitrogen and oxygen atoms in total. The molecule has 2 heterocycles. The summed E-state index contributed by atoms with van der Waals surface area (Å²) < 4.78 is 0. The second-order valence-electron chi connectivity index (χ2n) is 5.13. The first kappa shape index (κ1) is 11.9. The van der Waals surface area contributed by atoms with E-state index in [1.807, 2.05) is 0 Å². The van der Waals surface area contributed by atoms with Crippen LogP contribution in [0.15, 0.2) is 0 Å². The number of carbonyl (C=O) groups is 1. The van der Waals surface area contributed by atoms with E-state index in [1.54, 1.807) is 0 Å². The van der Waals surface area contributed by atoms with E-state index in [2.05, 4.69) is 22.6 Å². The minimum Gasteiger partial charge on any atom is -0.352 e. The highest BCUT2D eigenvalue weighted by Crippen LogP contribution is 2.14. The third kappa shape index (κ3) is 3.19. The summed E-state index contributed by atoms with van der Waals surface area (Å²) in [6.45, 7) is 4.15. The number of hydrogen-bond donors (Lipinski definition) is 2. The maximum Gasteiger partial charge on any atom is 0.223 e. The fraction of sp³-hybridized carbons (Fsp3) is 0.917. The SMILES string of the molecule is CN1CCCC(NC(=O)C2CCNCC2)C1. The quantitative estimate of drug-likeness (QED) is 0.705. The molecule has 0 aromatic rings. The molecule has 1 unspecified atom stereocenters. The summed E-state index contributed by atoms with van der Waals surface area (Å²) in [5.74, 6) is 0.523. The normalized spacial score (nSPS) is 28.9. The topological polar surface area (TPSA) is 44.4 Å². The van der Waals surface area contributed by atoms with E-state index in [0.717, 1.165) is 38.9 Å². The molecule has 2 N–H and O–H groups in total. The van der Waals surface area contributed by atoms with Crippen molar-refractivity contribution in [3.63, 3.8) is 0 Å². The standard InChI is InChI=1S/C12H23N3O/c1-15-8-2-3-11(9-15)14-12(16)10-4-6-13-7-5-10/h10-11,13H,2-9H2,1H3,(H,14,16). The molecule has 0 radical (unpaired) electrons. The van der Waals surface area contributed by atoms with Crippen LogP contribution in [0.4, 0.5) is 0 Å². The molecule has 92 valence electrons. The van der Waals surface area contributed by atoms with Gasteiger partial charge in [-0.2, -0.15) is 0 Å². The predicted molar refractivity (Wildman–Crippen MR) is 64.3 cm³/mol. The van der Waals surface area contributed by atoms with Crippen LogP contribution in [0.3, 0.4) is 0 Å². The number of rotatable bonds is 2. The van der Waals surface area contributed by atoms with E-state index < -0.39 is 0 Å². The van der Waals surface area contributed by atoms with Crippen molar-refractivity contribution in [2.24, 2.45) is 5.92 Å². The van der Waals surface area contributed by atoms with Gasteiger partial charge in [0.15, 0.2) is 0 Å². The van der Waals surface area contributed by atoms with E-state index in [9.17, 15) is 4.79 Å². The van der Waals surface area contributed by atoms with Crippen LogP contribution >= 0.6 is 0 Å². The first-order valence-corrected chi connectivity index (χ1v) is 6.45. The van der Waals surface area contributed by atoms with Gasteiger partial charge in [-0.1, -0.05) is 0 Å². The molecule has 0 aromatic heterocycles. The van der Waals surface area contributed by atoms with Crippen molar-refractivity contribution in [2.45, 2.75) is 31.7 Å². The molecule has 2 fully saturated rings. The summed E-state index contributed by atoms with van der Waals surface area (Å²) in [7, 11) is 2.13. The summed E-state index contributed by atoms with van der Waals surface area (Å²) >= 11 is 0. The largest absolute Gasteiger partial charge is 0.352 e. The molecule has 0 saturated carbocycles. The molecule has 0 bridgehead atoms. The Morgan fingerprint density at radius 2 is 2.06 bits per heavy atom. The van der Waals surface area contributed by atoms with Crippen molar-refractivity contribution in [2.75, 3.05) is 33.2 Å². The number of carbonyl (C=O) groups excluding carboxylic acids is 1. The van der Waals surface area contributed by atoms with E-state index in [-0.39, 0.29) is 11.8 Å². The third-order valence-corrected chi connectivity index (χ3v) is 3.68. The van der Waals surface area contributed by atoms with E-state index in [0.29, 0.717) is 6.04 Å². The minimum atomic E-state index is 0.244. The molecule has 2 saturated heterocycles. The highest BCUT2D eigenvalue weighted by molar-refractivity contribution is 5.79. The van der Waals surface area contributed by atoms with Gasteiger partial charge in [-0.15, -0.1) is 0 Å². The molecule has 0 aromatic carbocycles. The van der Waals surface area contributed by atoms with Crippen LogP contribution in [0.1, 0.15) is 25.7 Å². The number of nitrogens with one attached hydrogen (secondary N) is 2. The van der Waals surface area contributed by atoms with Crippen molar-refractivity contribution in [1.29, 1.82) is 0 Å². The van der Waals surface area contributed by atoms with Crippen LogP contribution in [-0.4, -0.2) is 50.1 Å². The van der Waals surface area contributed by atoms with Crippen LogP contribution in [0, 0.1) is 5.92 Å². The zero-order valence-corrected chi connectivity index (χ0v) is 10.2. The number of likely N-dealkylation sites (N-methyl/N-ethyl adjacent to an activating group) is 1. The molecule has 1 atom stereocenters. The van der Waals surface area contributed by atoms with Gasteiger partial charge in [0, 0.05) is 18.5 Å². The lowest BCUT2D eigenvalue weighted by Gasteiger charge is -2.32. The number of piperidine rings is 2. The van der Waals surface area contributed by atoms with Gasteiger partial charge in [-0.3, -0.25) is 4.79 Å². The molecule has 2 aliphatic rings. The van der Waals surface area contributed by atoms with Crippen LogP contribution in [0.2, 0.25) is 0 Å². The molecule has 0 aliphatic carbocycles. The van der Waals surface area contributed by atoms with Crippen LogP contribution in [0.5, 0.6) is 0 Å². The van der Waals surface area contributed by atoms with Gasteiger partial charge in [0.05, 0.1) is 0 Å². The molecule has 16 heavy (non-hydrogen) atoms. The highest BCUT2D eigenvalue weighted by atomic mass is 16.1. The lowest BCUT2D eigenvalue weighted by atomic mass is 9.96. The molecule has 1 amide bonds. The first-order valence-electron chi connectivity index (χ1n) is 6.45. The van der Waals surface area contributed by atoms with Gasteiger partial charge >= 0.3 is 0 Å². The van der Waals surface area contributed by atoms with Crippen molar-refractivity contribution in [3.8, 4) is 0 Å². The first-order chi connectivity index (χ1) is 7.75. The summed E-state index contributed by atoms with van der Waals surface area (Å²) in [6.07, 6.45) is 4.33. The predicted octanol–water partition coefficient (Wildman–Crippen LogP) is 0.196. The molecular formula is C12H23N3O. The Balaban J connectivity index is 1.77. The zero-order valence-electron chi connectivity index (χ0n) is 10.2.